The van der Waals surface area contributed by atoms with Crippen LogP contribution in [-0.2, 0) is 0 Å². The second kappa shape index (κ2) is 9.17. The fourth-order valence-electron chi connectivity index (χ4n) is 0.437. The van der Waals surface area contributed by atoms with Crippen molar-refractivity contribution in [2.45, 2.75) is 33.9 Å². The molecule has 0 aromatic rings. The zero-order chi connectivity index (χ0) is 10.9. The van der Waals surface area contributed by atoms with E-state index in [0.717, 1.165) is 0 Å². The summed E-state index contributed by atoms with van der Waals surface area (Å²) in [6, 6.07) is 0. The first-order valence-electron chi connectivity index (χ1n) is 4.37. The highest BCUT2D eigenvalue weighted by molar-refractivity contribution is 5.22. The van der Waals surface area contributed by atoms with E-state index in [9.17, 15) is 8.78 Å². The maximum Gasteiger partial charge on any atom is 0.122 e. The van der Waals surface area contributed by atoms with Crippen LogP contribution in [0.4, 0.5) is 8.78 Å². The zero-order valence-corrected chi connectivity index (χ0v) is 8.77. The standard InChI is InChI=1S/C9H12F2.C2H6/c1-7(9(3)11)5-4-6-8(2)10;1-2/h4-6,9H,1H2,2-3H3;1-2H3/b5-4-,8-6+;. The zero-order valence-electron chi connectivity index (χ0n) is 8.77. The van der Waals surface area contributed by atoms with Gasteiger partial charge in [0.15, 0.2) is 0 Å². The first-order valence-corrected chi connectivity index (χ1v) is 4.37. The van der Waals surface area contributed by atoms with Crippen LogP contribution in [0.25, 0.3) is 0 Å². The van der Waals surface area contributed by atoms with Crippen molar-refractivity contribution in [3.63, 3.8) is 0 Å². The second-order valence-corrected chi connectivity index (χ2v) is 2.30. The fraction of sp³-hybridized carbons (Fsp3) is 0.455. The summed E-state index contributed by atoms with van der Waals surface area (Å²) in [6.07, 6.45) is 3.08. The normalized spacial score (nSPS) is 13.5. The highest BCUT2D eigenvalue weighted by Crippen LogP contribution is 2.05. The van der Waals surface area contributed by atoms with Crippen LogP contribution < -0.4 is 0 Å². The average Bonchev–Trinajstić information content (AvgIpc) is 2.07. The Hall–Kier alpha value is -0.920. The van der Waals surface area contributed by atoms with Crippen molar-refractivity contribution in [2.24, 2.45) is 0 Å². The molecule has 0 saturated heterocycles. The fourth-order valence-corrected chi connectivity index (χ4v) is 0.437. The summed E-state index contributed by atoms with van der Waals surface area (Å²) in [5.41, 5.74) is 0.350. The maximum atomic E-state index is 12.4. The number of allylic oxidation sites excluding steroid dienone is 5. The van der Waals surface area contributed by atoms with Crippen LogP contribution in [0.2, 0.25) is 0 Å². The minimum atomic E-state index is -1.07. The van der Waals surface area contributed by atoms with Gasteiger partial charge in [0, 0.05) is 0 Å². The maximum absolute atomic E-state index is 12.4. The van der Waals surface area contributed by atoms with Crippen LogP contribution in [-0.4, -0.2) is 6.17 Å². The van der Waals surface area contributed by atoms with E-state index < -0.39 is 6.17 Å². The van der Waals surface area contributed by atoms with Crippen LogP contribution in [0.1, 0.15) is 27.7 Å². The Kier molecular flexibility index (Phi) is 10.3. The lowest BCUT2D eigenvalue weighted by molar-refractivity contribution is 0.418. The number of halogens is 2. The molecule has 0 saturated carbocycles. The molecule has 0 nitrogen and oxygen atoms in total. The van der Waals surface area contributed by atoms with Crippen molar-refractivity contribution in [3.05, 3.63) is 36.2 Å². The Morgan fingerprint density at radius 3 is 2.15 bits per heavy atom. The lowest BCUT2D eigenvalue weighted by Gasteiger charge is -1.97. The Morgan fingerprint density at radius 2 is 1.85 bits per heavy atom. The number of hydrogen-bond acceptors (Lipinski definition) is 0. The van der Waals surface area contributed by atoms with Gasteiger partial charge in [-0.3, -0.25) is 0 Å². The smallest absolute Gasteiger partial charge is 0.122 e. The molecule has 0 N–H and O–H groups in total. The third-order valence-electron chi connectivity index (χ3n) is 1.15. The molecule has 0 bridgehead atoms. The van der Waals surface area contributed by atoms with E-state index >= 15 is 0 Å². The van der Waals surface area contributed by atoms with Gasteiger partial charge in [0.2, 0.25) is 0 Å². The van der Waals surface area contributed by atoms with E-state index in [2.05, 4.69) is 6.58 Å². The lowest BCUT2D eigenvalue weighted by Crippen LogP contribution is -1.92. The second-order valence-electron chi connectivity index (χ2n) is 2.30. The van der Waals surface area contributed by atoms with Crippen molar-refractivity contribution in [2.75, 3.05) is 0 Å². The highest BCUT2D eigenvalue weighted by Gasteiger charge is 1.97. The van der Waals surface area contributed by atoms with E-state index in [4.69, 9.17) is 0 Å². The summed E-state index contributed by atoms with van der Waals surface area (Å²) >= 11 is 0. The summed E-state index contributed by atoms with van der Waals surface area (Å²) in [5, 5.41) is 0. The van der Waals surface area contributed by atoms with Crippen LogP contribution in [0.5, 0.6) is 0 Å². The molecule has 0 aromatic heterocycles. The predicted octanol–water partition coefficient (Wildman–Crippen LogP) is 4.36. The first kappa shape index (κ1) is 14.6. The topological polar surface area (TPSA) is 0 Å². The summed E-state index contributed by atoms with van der Waals surface area (Å²) in [7, 11) is 0. The molecule has 0 rings (SSSR count). The third kappa shape index (κ3) is 11.1. The molecular formula is C11H18F2. The Bertz CT molecular complexity index is 184. The first-order chi connectivity index (χ1) is 6.04. The van der Waals surface area contributed by atoms with Crippen LogP contribution >= 0.6 is 0 Å². The quantitative estimate of drug-likeness (QED) is 0.577. The monoisotopic (exact) mass is 188 g/mol. The van der Waals surface area contributed by atoms with Gasteiger partial charge in [-0.2, -0.15) is 0 Å². The van der Waals surface area contributed by atoms with Crippen molar-refractivity contribution >= 4 is 0 Å². The van der Waals surface area contributed by atoms with Gasteiger partial charge in [-0.1, -0.05) is 32.6 Å². The minimum absolute atomic E-state index is 0.305. The highest BCUT2D eigenvalue weighted by atomic mass is 19.1. The molecule has 0 amide bonds. The molecule has 0 fully saturated rings. The largest absolute Gasteiger partial charge is 0.243 e. The molecule has 0 aromatic carbocycles. The van der Waals surface area contributed by atoms with Gasteiger partial charge in [-0.15, -0.1) is 0 Å². The van der Waals surface area contributed by atoms with Crippen LogP contribution in [0, 0.1) is 0 Å². The SMILES string of the molecule is C=C(/C=C\C=C(/C)F)C(C)F.CC. The number of alkyl halides is 1. The van der Waals surface area contributed by atoms with Gasteiger partial charge in [-0.05, 0) is 25.5 Å². The Balaban J connectivity index is 0. The number of rotatable bonds is 3. The molecule has 0 spiro atoms. The van der Waals surface area contributed by atoms with Crippen LogP contribution in [0.3, 0.4) is 0 Å². The van der Waals surface area contributed by atoms with Crippen molar-refractivity contribution in [3.8, 4) is 0 Å². The van der Waals surface area contributed by atoms with Gasteiger partial charge in [0.1, 0.15) is 6.17 Å². The molecule has 0 aliphatic rings. The van der Waals surface area contributed by atoms with E-state index in [1.165, 1.54) is 32.1 Å². The molecule has 2 heteroatoms. The van der Waals surface area contributed by atoms with Gasteiger partial charge in [0.25, 0.3) is 0 Å². The summed E-state index contributed by atoms with van der Waals surface area (Å²) in [5.74, 6) is -0.305. The Labute approximate surface area is 79.7 Å². The molecule has 1 atom stereocenters. The minimum Gasteiger partial charge on any atom is -0.243 e. The van der Waals surface area contributed by atoms with E-state index in [1.807, 2.05) is 13.8 Å². The summed E-state index contributed by atoms with van der Waals surface area (Å²) in [6.45, 7) is 10.2. The van der Waals surface area contributed by atoms with Gasteiger partial charge in [0.05, 0.1) is 5.83 Å². The van der Waals surface area contributed by atoms with Gasteiger partial charge in [-0.25, -0.2) is 8.78 Å². The van der Waals surface area contributed by atoms with Crippen LogP contribution in [0.15, 0.2) is 36.2 Å². The van der Waals surface area contributed by atoms with Gasteiger partial charge < -0.3 is 0 Å². The van der Waals surface area contributed by atoms with Crippen molar-refractivity contribution in [1.29, 1.82) is 0 Å². The average molecular weight is 188 g/mol. The number of hydrogen-bond donors (Lipinski definition) is 0. The predicted molar refractivity (Wildman–Crippen MR) is 55.1 cm³/mol. The Morgan fingerprint density at radius 1 is 1.38 bits per heavy atom. The molecule has 0 aliphatic heterocycles. The van der Waals surface area contributed by atoms with Gasteiger partial charge >= 0.3 is 0 Å². The third-order valence-corrected chi connectivity index (χ3v) is 1.15. The van der Waals surface area contributed by atoms with E-state index in [0.29, 0.717) is 5.57 Å². The summed E-state index contributed by atoms with van der Waals surface area (Å²) in [4.78, 5) is 0. The molecule has 1 unspecified atom stereocenters. The molecule has 0 radical (unpaired) electrons. The lowest BCUT2D eigenvalue weighted by atomic mass is 10.2. The molecular weight excluding hydrogens is 170 g/mol. The molecule has 13 heavy (non-hydrogen) atoms. The molecule has 76 valence electrons. The van der Waals surface area contributed by atoms with Crippen molar-refractivity contribution in [1.82, 2.24) is 0 Å². The van der Waals surface area contributed by atoms with E-state index in [1.54, 1.807) is 0 Å². The summed E-state index contributed by atoms with van der Waals surface area (Å²) < 4.78 is 24.4. The van der Waals surface area contributed by atoms with E-state index in [-0.39, 0.29) is 5.83 Å². The molecule has 0 aliphatic carbocycles. The van der Waals surface area contributed by atoms with Crippen molar-refractivity contribution < 1.29 is 8.78 Å². The molecule has 0 heterocycles.